The Labute approximate surface area is 165 Å². The van der Waals surface area contributed by atoms with E-state index in [1.165, 1.54) is 12.1 Å². The summed E-state index contributed by atoms with van der Waals surface area (Å²) >= 11 is 1.60. The largest absolute Gasteiger partial charge is 0.573 e. The summed E-state index contributed by atoms with van der Waals surface area (Å²) in [6.07, 6.45) is -3.77. The summed E-state index contributed by atoms with van der Waals surface area (Å²) in [5.74, 6) is 0.363. The highest BCUT2D eigenvalue weighted by Gasteiger charge is 2.31. The van der Waals surface area contributed by atoms with Gasteiger partial charge >= 0.3 is 6.36 Å². The molecular weight excluding hydrogens is 389 g/mol. The topological polar surface area (TPSA) is 41.9 Å². The van der Waals surface area contributed by atoms with Gasteiger partial charge in [-0.15, -0.1) is 13.2 Å². The number of hydrogen-bond donors (Lipinski definition) is 0. The lowest BCUT2D eigenvalue weighted by atomic mass is 10.1. The van der Waals surface area contributed by atoms with E-state index in [0.29, 0.717) is 12.1 Å². The fourth-order valence-electron chi connectivity index (χ4n) is 2.81. The molecule has 1 aliphatic heterocycles. The smallest absolute Gasteiger partial charge is 0.406 e. The van der Waals surface area contributed by atoms with Crippen molar-refractivity contribution in [3.63, 3.8) is 0 Å². The zero-order valence-corrected chi connectivity index (χ0v) is 16.0. The number of carbonyl (C=O) groups is 1. The average molecular weight is 408 g/mol. The number of ether oxygens (including phenoxy) is 1. The molecule has 3 rings (SSSR count). The number of amidine groups is 1. The molecule has 0 saturated carbocycles. The van der Waals surface area contributed by atoms with Crippen LogP contribution in [0.3, 0.4) is 0 Å². The number of Topliss-reactive ketones (excluding diaryl/α,β-unsaturated/α-hetero) is 1. The maximum Gasteiger partial charge on any atom is 0.573 e. The first kappa shape index (κ1) is 20.3. The summed E-state index contributed by atoms with van der Waals surface area (Å²) in [5.41, 5.74) is 2.22. The van der Waals surface area contributed by atoms with Gasteiger partial charge in [-0.1, -0.05) is 30.0 Å². The highest BCUT2D eigenvalue weighted by atomic mass is 32.2. The Balaban J connectivity index is 1.81. The molecule has 0 fully saturated rings. The number of aryl methyl sites for hydroxylation is 1. The molecule has 0 unspecified atom stereocenters. The Morgan fingerprint density at radius 2 is 1.89 bits per heavy atom. The quantitative estimate of drug-likeness (QED) is 0.648. The van der Waals surface area contributed by atoms with Crippen LogP contribution in [0.1, 0.15) is 22.3 Å². The molecule has 0 radical (unpaired) electrons. The highest BCUT2D eigenvalue weighted by molar-refractivity contribution is 8.14. The van der Waals surface area contributed by atoms with Gasteiger partial charge in [-0.05, 0) is 49.2 Å². The van der Waals surface area contributed by atoms with Gasteiger partial charge in [-0.25, -0.2) is 0 Å². The van der Waals surface area contributed by atoms with E-state index in [0.717, 1.165) is 40.7 Å². The first-order chi connectivity index (χ1) is 13.3. The SMILES string of the molecule is Cc1ccccc1N(CC(=O)c1ccc(OC(F)(F)F)cc1)C1=NCCCS1. The monoisotopic (exact) mass is 408 g/mol. The number of halogens is 3. The second-order valence-corrected chi connectivity index (χ2v) is 7.30. The summed E-state index contributed by atoms with van der Waals surface area (Å²) in [6.45, 7) is 2.72. The van der Waals surface area contributed by atoms with E-state index < -0.39 is 6.36 Å². The first-order valence-electron chi connectivity index (χ1n) is 8.73. The lowest BCUT2D eigenvalue weighted by molar-refractivity contribution is -0.274. The fourth-order valence-corrected chi connectivity index (χ4v) is 3.77. The molecular formula is C20H19F3N2O2S. The van der Waals surface area contributed by atoms with Gasteiger partial charge in [-0.2, -0.15) is 0 Å². The molecule has 2 aromatic rings. The Morgan fingerprint density at radius 3 is 2.50 bits per heavy atom. The summed E-state index contributed by atoms with van der Waals surface area (Å²) < 4.78 is 40.7. The van der Waals surface area contributed by atoms with Crippen LogP contribution in [0.5, 0.6) is 5.75 Å². The van der Waals surface area contributed by atoms with Crippen molar-refractivity contribution in [2.75, 3.05) is 23.7 Å². The van der Waals surface area contributed by atoms with E-state index in [4.69, 9.17) is 0 Å². The van der Waals surface area contributed by atoms with E-state index in [2.05, 4.69) is 9.73 Å². The zero-order chi connectivity index (χ0) is 20.1. The number of hydrogen-bond acceptors (Lipinski definition) is 5. The minimum absolute atomic E-state index is 0.0517. The fraction of sp³-hybridized carbons (Fsp3) is 0.300. The molecule has 148 valence electrons. The third kappa shape index (κ3) is 5.28. The Hall–Kier alpha value is -2.48. The third-order valence-corrected chi connectivity index (χ3v) is 5.23. The van der Waals surface area contributed by atoms with Crippen molar-refractivity contribution in [1.82, 2.24) is 0 Å². The van der Waals surface area contributed by atoms with E-state index in [-0.39, 0.29) is 18.1 Å². The summed E-state index contributed by atoms with van der Waals surface area (Å²) in [7, 11) is 0. The summed E-state index contributed by atoms with van der Waals surface area (Å²) in [5, 5.41) is 0.783. The van der Waals surface area contributed by atoms with Crippen LogP contribution in [0.4, 0.5) is 18.9 Å². The van der Waals surface area contributed by atoms with E-state index in [1.807, 2.05) is 36.1 Å². The van der Waals surface area contributed by atoms with Gasteiger partial charge in [0.1, 0.15) is 5.75 Å². The van der Waals surface area contributed by atoms with Crippen molar-refractivity contribution < 1.29 is 22.7 Å². The number of thioether (sulfide) groups is 1. The number of ketones is 1. The van der Waals surface area contributed by atoms with Crippen LogP contribution in [0, 0.1) is 6.92 Å². The summed E-state index contributed by atoms with van der Waals surface area (Å²) in [4.78, 5) is 19.2. The van der Waals surface area contributed by atoms with Crippen molar-refractivity contribution in [2.45, 2.75) is 19.7 Å². The lowest BCUT2D eigenvalue weighted by Gasteiger charge is -2.28. The highest BCUT2D eigenvalue weighted by Crippen LogP contribution is 2.27. The second kappa shape index (κ2) is 8.68. The second-order valence-electron chi connectivity index (χ2n) is 6.23. The third-order valence-electron chi connectivity index (χ3n) is 4.13. The average Bonchev–Trinajstić information content (AvgIpc) is 2.67. The van der Waals surface area contributed by atoms with Gasteiger partial charge < -0.3 is 9.64 Å². The van der Waals surface area contributed by atoms with Gasteiger partial charge in [0.05, 0.1) is 6.54 Å². The van der Waals surface area contributed by atoms with Crippen LogP contribution in [0.15, 0.2) is 53.5 Å². The molecule has 1 heterocycles. The Morgan fingerprint density at radius 1 is 1.18 bits per heavy atom. The number of nitrogens with zero attached hydrogens (tertiary/aromatic N) is 2. The molecule has 8 heteroatoms. The van der Waals surface area contributed by atoms with Gasteiger partial charge in [0.15, 0.2) is 11.0 Å². The maximum atomic E-state index is 12.8. The molecule has 0 N–H and O–H groups in total. The number of carbonyl (C=O) groups excluding carboxylic acids is 1. The van der Waals surface area contributed by atoms with E-state index in [9.17, 15) is 18.0 Å². The van der Waals surface area contributed by atoms with Crippen LogP contribution in [0.2, 0.25) is 0 Å². The molecule has 0 aromatic heterocycles. The number of benzene rings is 2. The number of rotatable bonds is 5. The molecule has 0 amide bonds. The zero-order valence-electron chi connectivity index (χ0n) is 15.2. The minimum Gasteiger partial charge on any atom is -0.406 e. The predicted molar refractivity (Wildman–Crippen MR) is 105 cm³/mol. The Bertz CT molecular complexity index is 866. The van der Waals surface area contributed by atoms with Crippen molar-refractivity contribution in [1.29, 1.82) is 0 Å². The van der Waals surface area contributed by atoms with E-state index in [1.54, 1.807) is 11.8 Å². The van der Waals surface area contributed by atoms with Crippen molar-refractivity contribution in [3.8, 4) is 5.75 Å². The first-order valence-corrected chi connectivity index (χ1v) is 9.71. The normalized spacial score (nSPS) is 14.4. The van der Waals surface area contributed by atoms with Crippen LogP contribution in [0.25, 0.3) is 0 Å². The van der Waals surface area contributed by atoms with Crippen molar-refractivity contribution in [2.24, 2.45) is 4.99 Å². The number of anilines is 1. The molecule has 28 heavy (non-hydrogen) atoms. The van der Waals surface area contributed by atoms with Gasteiger partial charge in [-0.3, -0.25) is 9.79 Å². The predicted octanol–water partition coefficient (Wildman–Crippen LogP) is 5.08. The van der Waals surface area contributed by atoms with Crippen LogP contribution in [-0.2, 0) is 0 Å². The molecule has 0 saturated heterocycles. The number of para-hydroxylation sites is 1. The van der Waals surface area contributed by atoms with Gasteiger partial charge in [0.2, 0.25) is 0 Å². The number of aliphatic imine (C=N–C) groups is 1. The standard InChI is InChI=1S/C20H19F3N2O2S/c1-14-5-2-3-6-17(14)25(19-24-11-4-12-28-19)13-18(26)15-7-9-16(10-8-15)27-20(21,22)23/h2-3,5-10H,4,11-13H2,1H3. The van der Waals surface area contributed by atoms with Gasteiger partial charge in [0.25, 0.3) is 0 Å². The molecule has 0 spiro atoms. The Kier molecular flexibility index (Phi) is 6.28. The summed E-state index contributed by atoms with van der Waals surface area (Å²) in [6, 6.07) is 12.7. The molecule has 2 aromatic carbocycles. The minimum atomic E-state index is -4.76. The van der Waals surface area contributed by atoms with Crippen LogP contribution < -0.4 is 9.64 Å². The lowest BCUT2D eigenvalue weighted by Crippen LogP contribution is -2.36. The molecule has 1 aliphatic rings. The van der Waals surface area contributed by atoms with E-state index >= 15 is 0 Å². The van der Waals surface area contributed by atoms with Crippen molar-refractivity contribution >= 4 is 28.4 Å². The molecule has 0 atom stereocenters. The molecule has 4 nitrogen and oxygen atoms in total. The van der Waals surface area contributed by atoms with Gasteiger partial charge in [0, 0.05) is 23.5 Å². The van der Waals surface area contributed by atoms with Crippen LogP contribution in [-0.4, -0.2) is 36.2 Å². The number of alkyl halides is 3. The van der Waals surface area contributed by atoms with Crippen LogP contribution >= 0.6 is 11.8 Å². The maximum absolute atomic E-state index is 12.8. The van der Waals surface area contributed by atoms with Crippen molar-refractivity contribution in [3.05, 3.63) is 59.7 Å². The molecule has 0 bridgehead atoms. The molecule has 0 aliphatic carbocycles.